The van der Waals surface area contributed by atoms with Crippen molar-refractivity contribution in [2.24, 2.45) is 0 Å². The van der Waals surface area contributed by atoms with E-state index in [0.717, 1.165) is 35.2 Å². The van der Waals surface area contributed by atoms with Crippen LogP contribution in [0.25, 0.3) is 0 Å². The first-order valence-corrected chi connectivity index (χ1v) is 7.28. The van der Waals surface area contributed by atoms with Crippen LogP contribution in [0, 0.1) is 0 Å². The Morgan fingerprint density at radius 3 is 2.95 bits per heavy atom. The number of halogens is 1. The van der Waals surface area contributed by atoms with Crippen LogP contribution in [0.4, 0.5) is 0 Å². The van der Waals surface area contributed by atoms with Gasteiger partial charge in [0, 0.05) is 0 Å². The Kier molecular flexibility index (Phi) is 4.82. The molecule has 2 N–H and O–H groups in total. The number of ether oxygens (including phenoxy) is 1. The van der Waals surface area contributed by atoms with Crippen molar-refractivity contribution in [2.45, 2.75) is 31.8 Å². The topological polar surface area (TPSA) is 50.4 Å². The lowest BCUT2D eigenvalue weighted by Gasteiger charge is -2.18. The molecule has 1 aliphatic heterocycles. The quantitative estimate of drug-likeness (QED) is 0.893. The number of nitrogens with one attached hydrogen (secondary N) is 2. The molecule has 1 aromatic carbocycles. The van der Waals surface area contributed by atoms with E-state index in [1.165, 1.54) is 0 Å². The summed E-state index contributed by atoms with van der Waals surface area (Å²) < 4.78 is 6.09. The first-order chi connectivity index (χ1) is 9.11. The van der Waals surface area contributed by atoms with Crippen LogP contribution in [0.1, 0.15) is 31.4 Å². The van der Waals surface area contributed by atoms with Gasteiger partial charge in [0.15, 0.2) is 0 Å². The molecular weight excluding hydrogens is 308 g/mol. The van der Waals surface area contributed by atoms with Crippen molar-refractivity contribution in [1.29, 1.82) is 0 Å². The minimum absolute atomic E-state index is 0.0166. The Bertz CT molecular complexity index is 459. The Hall–Kier alpha value is -1.07. The molecule has 1 amide bonds. The summed E-state index contributed by atoms with van der Waals surface area (Å²) in [6, 6.07) is 5.79. The molecule has 19 heavy (non-hydrogen) atoms. The second kappa shape index (κ2) is 6.39. The molecule has 1 saturated heterocycles. The summed E-state index contributed by atoms with van der Waals surface area (Å²) in [6.45, 7) is 2.92. The number of carbonyl (C=O) groups is 1. The van der Waals surface area contributed by atoms with Crippen LogP contribution in [0.15, 0.2) is 22.7 Å². The highest BCUT2D eigenvalue weighted by Crippen LogP contribution is 2.28. The molecule has 1 aliphatic rings. The summed E-state index contributed by atoms with van der Waals surface area (Å²) in [6.07, 6.45) is 1.99. The summed E-state index contributed by atoms with van der Waals surface area (Å²) in [7, 11) is 1.64. The molecule has 1 fully saturated rings. The molecule has 0 radical (unpaired) electrons. The van der Waals surface area contributed by atoms with Gasteiger partial charge in [-0.3, -0.25) is 4.79 Å². The van der Waals surface area contributed by atoms with Crippen LogP contribution in [0.5, 0.6) is 5.75 Å². The highest BCUT2D eigenvalue weighted by atomic mass is 79.9. The average Bonchev–Trinajstić information content (AvgIpc) is 2.92. The van der Waals surface area contributed by atoms with E-state index in [9.17, 15) is 4.79 Å². The van der Waals surface area contributed by atoms with E-state index < -0.39 is 0 Å². The minimum atomic E-state index is -0.0378. The van der Waals surface area contributed by atoms with E-state index in [2.05, 4.69) is 26.6 Å². The maximum absolute atomic E-state index is 12.0. The van der Waals surface area contributed by atoms with Crippen LogP contribution < -0.4 is 15.4 Å². The van der Waals surface area contributed by atoms with Gasteiger partial charge < -0.3 is 15.4 Å². The van der Waals surface area contributed by atoms with Crippen molar-refractivity contribution in [1.82, 2.24) is 10.6 Å². The zero-order chi connectivity index (χ0) is 13.8. The summed E-state index contributed by atoms with van der Waals surface area (Å²) >= 11 is 3.46. The maximum atomic E-state index is 12.0. The molecule has 4 nitrogen and oxygen atoms in total. The number of hydrogen-bond acceptors (Lipinski definition) is 3. The molecule has 0 spiro atoms. The third-order valence-corrected chi connectivity index (χ3v) is 4.03. The van der Waals surface area contributed by atoms with Gasteiger partial charge in [0.1, 0.15) is 5.75 Å². The molecule has 1 aromatic rings. The van der Waals surface area contributed by atoms with Crippen molar-refractivity contribution < 1.29 is 9.53 Å². The number of carbonyl (C=O) groups excluding carboxylic acids is 1. The number of amides is 1. The van der Waals surface area contributed by atoms with E-state index in [4.69, 9.17) is 4.74 Å². The lowest BCUT2D eigenvalue weighted by atomic mass is 10.1. The molecule has 104 valence electrons. The average molecular weight is 327 g/mol. The monoisotopic (exact) mass is 326 g/mol. The fourth-order valence-corrected chi connectivity index (χ4v) is 2.82. The Morgan fingerprint density at radius 2 is 2.37 bits per heavy atom. The molecule has 5 heteroatoms. The van der Waals surface area contributed by atoms with Crippen LogP contribution in [0.2, 0.25) is 0 Å². The van der Waals surface area contributed by atoms with E-state index in [0.29, 0.717) is 0 Å². The maximum Gasteiger partial charge on any atom is 0.237 e. The fraction of sp³-hybridized carbons (Fsp3) is 0.500. The number of rotatable bonds is 4. The smallest absolute Gasteiger partial charge is 0.237 e. The number of methoxy groups -OCH3 is 1. The SMILES string of the molecule is COc1ccc(C(C)NC(=O)[C@@H]2CCCN2)cc1Br. The Balaban J connectivity index is 2.00. The normalized spacial score (nSPS) is 20.1. The molecule has 0 aliphatic carbocycles. The summed E-state index contributed by atoms with van der Waals surface area (Å²) in [5.41, 5.74) is 1.05. The Morgan fingerprint density at radius 1 is 1.58 bits per heavy atom. The van der Waals surface area contributed by atoms with Gasteiger partial charge in [0.2, 0.25) is 5.91 Å². The molecule has 1 unspecified atom stereocenters. The summed E-state index contributed by atoms with van der Waals surface area (Å²) in [5, 5.41) is 6.24. The third kappa shape index (κ3) is 3.48. The number of benzene rings is 1. The van der Waals surface area contributed by atoms with Crippen molar-refractivity contribution in [2.75, 3.05) is 13.7 Å². The van der Waals surface area contributed by atoms with Gasteiger partial charge in [-0.25, -0.2) is 0 Å². The predicted molar refractivity (Wildman–Crippen MR) is 78.3 cm³/mol. The van der Waals surface area contributed by atoms with E-state index in [1.807, 2.05) is 25.1 Å². The molecular formula is C14H19BrN2O2. The minimum Gasteiger partial charge on any atom is -0.496 e. The van der Waals surface area contributed by atoms with Crippen molar-refractivity contribution in [3.63, 3.8) is 0 Å². The van der Waals surface area contributed by atoms with Gasteiger partial charge in [-0.1, -0.05) is 6.07 Å². The summed E-state index contributed by atoms with van der Waals surface area (Å²) in [5.74, 6) is 0.872. The van der Waals surface area contributed by atoms with Gasteiger partial charge in [-0.2, -0.15) is 0 Å². The number of hydrogen-bond donors (Lipinski definition) is 2. The second-order valence-corrected chi connectivity index (χ2v) is 5.63. The second-order valence-electron chi connectivity index (χ2n) is 4.77. The first kappa shape index (κ1) is 14.3. The van der Waals surface area contributed by atoms with Crippen molar-refractivity contribution in [3.05, 3.63) is 28.2 Å². The molecule has 0 bridgehead atoms. The standard InChI is InChI=1S/C14H19BrN2O2/c1-9(17-14(18)12-4-3-7-16-12)10-5-6-13(19-2)11(15)8-10/h5-6,8-9,12,16H,3-4,7H2,1-2H3,(H,17,18)/t9?,12-/m0/s1. The zero-order valence-corrected chi connectivity index (χ0v) is 12.8. The van der Waals surface area contributed by atoms with E-state index in [1.54, 1.807) is 7.11 Å². The fourth-order valence-electron chi connectivity index (χ4n) is 2.26. The predicted octanol–water partition coefficient (Wildman–Crippen LogP) is 2.39. The third-order valence-electron chi connectivity index (χ3n) is 3.41. The lowest BCUT2D eigenvalue weighted by molar-refractivity contribution is -0.123. The highest BCUT2D eigenvalue weighted by Gasteiger charge is 2.23. The van der Waals surface area contributed by atoms with E-state index in [-0.39, 0.29) is 18.0 Å². The van der Waals surface area contributed by atoms with Gasteiger partial charge in [-0.05, 0) is 59.9 Å². The van der Waals surface area contributed by atoms with Gasteiger partial charge in [-0.15, -0.1) is 0 Å². The van der Waals surface area contributed by atoms with Crippen LogP contribution in [-0.2, 0) is 4.79 Å². The van der Waals surface area contributed by atoms with Crippen LogP contribution >= 0.6 is 15.9 Å². The zero-order valence-electron chi connectivity index (χ0n) is 11.2. The largest absolute Gasteiger partial charge is 0.496 e. The summed E-state index contributed by atoms with van der Waals surface area (Å²) in [4.78, 5) is 12.0. The molecule has 1 heterocycles. The first-order valence-electron chi connectivity index (χ1n) is 6.49. The van der Waals surface area contributed by atoms with Crippen molar-refractivity contribution >= 4 is 21.8 Å². The molecule has 2 rings (SSSR count). The molecule has 0 aromatic heterocycles. The Labute approximate surface area is 122 Å². The van der Waals surface area contributed by atoms with Gasteiger partial charge in [0.25, 0.3) is 0 Å². The van der Waals surface area contributed by atoms with Crippen LogP contribution in [0.3, 0.4) is 0 Å². The highest BCUT2D eigenvalue weighted by molar-refractivity contribution is 9.10. The van der Waals surface area contributed by atoms with Gasteiger partial charge in [0.05, 0.1) is 23.7 Å². The molecule has 0 saturated carbocycles. The lowest BCUT2D eigenvalue weighted by Crippen LogP contribution is -2.41. The van der Waals surface area contributed by atoms with Crippen molar-refractivity contribution in [3.8, 4) is 5.75 Å². The van der Waals surface area contributed by atoms with E-state index >= 15 is 0 Å². The molecule has 2 atom stereocenters. The van der Waals surface area contributed by atoms with Gasteiger partial charge >= 0.3 is 0 Å². The van der Waals surface area contributed by atoms with Crippen LogP contribution in [-0.4, -0.2) is 25.6 Å².